The molecule has 0 amide bonds. The summed E-state index contributed by atoms with van der Waals surface area (Å²) in [6.45, 7) is 5.37. The Labute approximate surface area is 74.3 Å². The molecule has 1 N–H and O–H groups in total. The van der Waals surface area contributed by atoms with Crippen LogP contribution in [-0.4, -0.2) is 33.3 Å². The summed E-state index contributed by atoms with van der Waals surface area (Å²) < 4.78 is 10.8. The molecule has 0 aromatic rings. The number of hydrogen-bond acceptors (Lipinski definition) is 2. The Morgan fingerprint density at radius 3 is 2.82 bits per heavy atom. The van der Waals surface area contributed by atoms with Crippen molar-refractivity contribution in [2.75, 3.05) is 18.8 Å². The molecule has 0 aliphatic carbocycles. The second kappa shape index (κ2) is 8.17. The molecule has 0 bridgehead atoms. The second-order valence-electron chi connectivity index (χ2n) is 2.36. The monoisotopic (exact) mass is 191 g/mol. The molecule has 1 atom stereocenters. The van der Waals surface area contributed by atoms with E-state index < -0.39 is 10.8 Å². The maximum absolute atomic E-state index is 10.8. The molecule has 4 heteroatoms. The van der Waals surface area contributed by atoms with E-state index in [4.69, 9.17) is 0 Å². The molecular formula is C7H17NOSSi. The fourth-order valence-electron chi connectivity index (χ4n) is 0.683. The number of nitrogens with one attached hydrogen (secondary N) is 1. The van der Waals surface area contributed by atoms with Crippen molar-refractivity contribution < 1.29 is 4.21 Å². The van der Waals surface area contributed by atoms with Gasteiger partial charge in [-0.1, -0.05) is 12.6 Å². The lowest BCUT2D eigenvalue weighted by molar-refractivity contribution is 0.674. The van der Waals surface area contributed by atoms with Gasteiger partial charge in [0.1, 0.15) is 0 Å². The van der Waals surface area contributed by atoms with E-state index in [1.165, 1.54) is 28.1 Å². The molecule has 0 saturated heterocycles. The van der Waals surface area contributed by atoms with E-state index in [1.807, 2.05) is 0 Å². The predicted octanol–water partition coefficient (Wildman–Crippen LogP) is -0.358. The standard InChI is InChI=1S/C7H17NOSSi/c1-2-10(9)6-5-8-4-3-7-11/h2,8H,1,3-7H2,11H3. The molecule has 0 fully saturated rings. The third-order valence-electron chi connectivity index (χ3n) is 1.37. The zero-order chi connectivity index (χ0) is 8.53. The fourth-order valence-corrected chi connectivity index (χ4v) is 1.55. The second-order valence-corrected chi connectivity index (χ2v) is 4.86. The van der Waals surface area contributed by atoms with Crippen LogP contribution in [0, 0.1) is 0 Å². The smallest absolute Gasteiger partial charge is 0.0462 e. The van der Waals surface area contributed by atoms with Crippen LogP contribution in [0.25, 0.3) is 0 Å². The first-order chi connectivity index (χ1) is 5.31. The lowest BCUT2D eigenvalue weighted by atomic mass is 10.5. The molecule has 1 unspecified atom stereocenters. The lowest BCUT2D eigenvalue weighted by Gasteiger charge is -2.00. The molecule has 0 aliphatic heterocycles. The normalized spacial score (nSPS) is 13.1. The molecule has 0 radical (unpaired) electrons. The van der Waals surface area contributed by atoms with Crippen LogP contribution in [0.2, 0.25) is 6.04 Å². The van der Waals surface area contributed by atoms with Gasteiger partial charge < -0.3 is 5.32 Å². The predicted molar refractivity (Wildman–Crippen MR) is 55.4 cm³/mol. The molecular weight excluding hydrogens is 174 g/mol. The molecule has 0 heterocycles. The van der Waals surface area contributed by atoms with Crippen LogP contribution < -0.4 is 5.32 Å². The maximum Gasteiger partial charge on any atom is 0.0462 e. The minimum Gasteiger partial charge on any atom is -0.316 e. The lowest BCUT2D eigenvalue weighted by Crippen LogP contribution is -2.20. The summed E-state index contributed by atoms with van der Waals surface area (Å²) >= 11 is 0. The summed E-state index contributed by atoms with van der Waals surface area (Å²) in [6.07, 6.45) is 1.26. The first-order valence-corrected chi connectivity index (χ1v) is 6.81. The van der Waals surface area contributed by atoms with Gasteiger partial charge in [0.2, 0.25) is 0 Å². The van der Waals surface area contributed by atoms with Gasteiger partial charge in [-0.25, -0.2) is 0 Å². The Kier molecular flexibility index (Phi) is 8.22. The average molecular weight is 191 g/mol. The van der Waals surface area contributed by atoms with Crippen molar-refractivity contribution in [3.8, 4) is 0 Å². The van der Waals surface area contributed by atoms with Gasteiger partial charge >= 0.3 is 0 Å². The van der Waals surface area contributed by atoms with Crippen LogP contribution in [0.4, 0.5) is 0 Å². The van der Waals surface area contributed by atoms with Crippen LogP contribution in [0.1, 0.15) is 6.42 Å². The molecule has 0 aromatic carbocycles. The van der Waals surface area contributed by atoms with Gasteiger partial charge in [-0.15, -0.1) is 0 Å². The van der Waals surface area contributed by atoms with E-state index in [0.29, 0.717) is 5.75 Å². The molecule has 0 saturated carbocycles. The highest BCUT2D eigenvalue weighted by Gasteiger charge is 1.91. The summed E-state index contributed by atoms with van der Waals surface area (Å²) in [5.41, 5.74) is 0. The summed E-state index contributed by atoms with van der Waals surface area (Å²) in [4.78, 5) is 0. The molecule has 66 valence electrons. The minimum atomic E-state index is -0.822. The number of rotatable bonds is 7. The molecule has 0 spiro atoms. The quantitative estimate of drug-likeness (QED) is 0.440. The fraction of sp³-hybridized carbons (Fsp3) is 0.714. The SMILES string of the molecule is C=CS(=O)CCNCCC[SiH3]. The van der Waals surface area contributed by atoms with Crippen LogP contribution >= 0.6 is 0 Å². The minimum absolute atomic E-state index is 0.699. The Morgan fingerprint density at radius 1 is 1.55 bits per heavy atom. The van der Waals surface area contributed by atoms with Crippen molar-refractivity contribution in [1.82, 2.24) is 5.32 Å². The van der Waals surface area contributed by atoms with Gasteiger partial charge in [0.15, 0.2) is 0 Å². The zero-order valence-corrected chi connectivity index (χ0v) is 9.95. The van der Waals surface area contributed by atoms with Crippen molar-refractivity contribution in [2.24, 2.45) is 0 Å². The van der Waals surface area contributed by atoms with Crippen molar-refractivity contribution in [3.05, 3.63) is 12.0 Å². The summed E-state index contributed by atoms with van der Waals surface area (Å²) in [5, 5.41) is 4.73. The van der Waals surface area contributed by atoms with E-state index >= 15 is 0 Å². The van der Waals surface area contributed by atoms with Gasteiger partial charge in [-0.3, -0.25) is 4.21 Å². The largest absolute Gasteiger partial charge is 0.316 e. The molecule has 0 aliphatic rings. The van der Waals surface area contributed by atoms with Crippen molar-refractivity contribution in [1.29, 1.82) is 0 Å². The van der Waals surface area contributed by atoms with Gasteiger partial charge in [0.05, 0.1) is 0 Å². The molecule has 0 rings (SSSR count). The maximum atomic E-state index is 10.8. The molecule has 11 heavy (non-hydrogen) atoms. The highest BCUT2D eigenvalue weighted by molar-refractivity contribution is 7.87. The summed E-state index contributed by atoms with van der Waals surface area (Å²) in [7, 11) is 0.466. The van der Waals surface area contributed by atoms with Gasteiger partial charge in [0, 0.05) is 33.3 Å². The van der Waals surface area contributed by atoms with Crippen LogP contribution in [0.15, 0.2) is 12.0 Å². The Balaban J connectivity index is 3.01. The van der Waals surface area contributed by atoms with E-state index in [-0.39, 0.29) is 0 Å². The summed E-state index contributed by atoms with van der Waals surface area (Å²) in [5.74, 6) is 0.699. The van der Waals surface area contributed by atoms with Crippen LogP contribution in [-0.2, 0) is 10.8 Å². The van der Waals surface area contributed by atoms with Crippen molar-refractivity contribution in [3.63, 3.8) is 0 Å². The van der Waals surface area contributed by atoms with E-state index in [1.54, 1.807) is 0 Å². The molecule has 0 aromatic heterocycles. The first-order valence-electron chi connectivity index (χ1n) is 4.01. The van der Waals surface area contributed by atoms with Crippen LogP contribution in [0.3, 0.4) is 0 Å². The van der Waals surface area contributed by atoms with Gasteiger partial charge in [-0.05, 0) is 18.4 Å². The Morgan fingerprint density at radius 2 is 2.27 bits per heavy atom. The van der Waals surface area contributed by atoms with E-state index in [9.17, 15) is 4.21 Å². The third-order valence-corrected chi connectivity index (χ3v) is 3.06. The van der Waals surface area contributed by atoms with Crippen molar-refractivity contribution in [2.45, 2.75) is 12.5 Å². The zero-order valence-electron chi connectivity index (χ0n) is 7.14. The van der Waals surface area contributed by atoms with Gasteiger partial charge in [0.25, 0.3) is 0 Å². The molecule has 2 nitrogen and oxygen atoms in total. The summed E-state index contributed by atoms with van der Waals surface area (Å²) in [6, 6.07) is 1.34. The van der Waals surface area contributed by atoms with E-state index in [0.717, 1.165) is 13.1 Å². The highest BCUT2D eigenvalue weighted by atomic mass is 32.2. The average Bonchev–Trinajstić information content (AvgIpc) is 2.04. The van der Waals surface area contributed by atoms with Gasteiger partial charge in [-0.2, -0.15) is 0 Å². The van der Waals surface area contributed by atoms with Crippen molar-refractivity contribution >= 4 is 21.0 Å². The third kappa shape index (κ3) is 7.97. The first kappa shape index (κ1) is 11.1. The highest BCUT2D eigenvalue weighted by Crippen LogP contribution is 1.82. The van der Waals surface area contributed by atoms with E-state index in [2.05, 4.69) is 11.9 Å². The Bertz CT molecular complexity index is 130. The topological polar surface area (TPSA) is 29.1 Å². The van der Waals surface area contributed by atoms with Crippen LogP contribution in [0.5, 0.6) is 0 Å². The number of hydrogen-bond donors (Lipinski definition) is 1. The Hall–Kier alpha value is 0.0669.